The van der Waals surface area contributed by atoms with Crippen molar-refractivity contribution in [2.75, 3.05) is 6.61 Å². The molecule has 0 radical (unpaired) electrons. The maximum atomic E-state index is 13.4. The zero-order chi connectivity index (χ0) is 16.2. The molecule has 7 heteroatoms. The van der Waals surface area contributed by atoms with Crippen LogP contribution in [-0.2, 0) is 0 Å². The molecule has 0 heterocycles. The maximum absolute atomic E-state index is 13.4. The molecule has 1 rings (SSSR count). The molecule has 1 aromatic rings. The van der Waals surface area contributed by atoms with E-state index in [-0.39, 0.29) is 29.7 Å². The molecule has 1 unspecified atom stereocenters. The number of hydrogen-bond acceptors (Lipinski definition) is 4. The Morgan fingerprint density at radius 3 is 2.57 bits per heavy atom. The van der Waals surface area contributed by atoms with Crippen LogP contribution >= 0.6 is 0 Å². The second-order valence-corrected chi connectivity index (χ2v) is 5.21. The molecule has 0 saturated heterocycles. The van der Waals surface area contributed by atoms with Gasteiger partial charge in [0.25, 0.3) is 11.6 Å². The number of nitro benzene ring substituents is 1. The molecule has 0 spiro atoms. The van der Waals surface area contributed by atoms with Crippen molar-refractivity contribution in [1.29, 1.82) is 0 Å². The summed E-state index contributed by atoms with van der Waals surface area (Å²) in [4.78, 5) is 22.6. The lowest BCUT2D eigenvalue weighted by molar-refractivity contribution is -0.385. The second kappa shape index (κ2) is 7.12. The van der Waals surface area contributed by atoms with Gasteiger partial charge in [-0.3, -0.25) is 14.9 Å². The van der Waals surface area contributed by atoms with E-state index in [1.807, 2.05) is 13.8 Å². The van der Waals surface area contributed by atoms with Crippen molar-refractivity contribution in [3.63, 3.8) is 0 Å². The number of amides is 1. The predicted molar refractivity (Wildman–Crippen MR) is 75.6 cm³/mol. The number of halogens is 1. The highest BCUT2D eigenvalue weighted by molar-refractivity contribution is 5.98. The first-order valence-corrected chi connectivity index (χ1v) is 6.64. The third kappa shape index (κ3) is 4.22. The number of nitrogens with zero attached hydrogens (tertiary/aromatic N) is 1. The molecular formula is C14H19FN2O4. The molecular weight excluding hydrogens is 279 g/mol. The predicted octanol–water partition coefficient (Wildman–Crippen LogP) is 2.18. The van der Waals surface area contributed by atoms with E-state index in [1.54, 1.807) is 0 Å². The average Bonchev–Trinajstić information content (AvgIpc) is 2.36. The lowest BCUT2D eigenvalue weighted by atomic mass is 10.00. The molecule has 6 nitrogen and oxygen atoms in total. The number of aliphatic hydroxyl groups excluding tert-OH is 1. The Kier molecular flexibility index (Phi) is 5.78. The Bertz CT molecular complexity index is 546. The Balaban J connectivity index is 3.14. The zero-order valence-corrected chi connectivity index (χ0v) is 12.2. The van der Waals surface area contributed by atoms with Gasteiger partial charge in [-0.15, -0.1) is 0 Å². The summed E-state index contributed by atoms with van der Waals surface area (Å²) >= 11 is 0. The fourth-order valence-electron chi connectivity index (χ4n) is 2.11. The van der Waals surface area contributed by atoms with Crippen molar-refractivity contribution in [3.05, 3.63) is 39.2 Å². The number of nitro groups is 1. The van der Waals surface area contributed by atoms with E-state index in [0.717, 1.165) is 12.1 Å². The van der Waals surface area contributed by atoms with Crippen LogP contribution in [0.5, 0.6) is 0 Å². The van der Waals surface area contributed by atoms with Gasteiger partial charge in [0.15, 0.2) is 0 Å². The van der Waals surface area contributed by atoms with Crippen LogP contribution in [0.4, 0.5) is 10.1 Å². The summed E-state index contributed by atoms with van der Waals surface area (Å²) in [6.45, 7) is 4.97. The first-order chi connectivity index (χ1) is 9.77. The summed E-state index contributed by atoms with van der Waals surface area (Å²) in [5, 5.41) is 22.7. The Morgan fingerprint density at radius 2 is 2.10 bits per heavy atom. The number of carbonyl (C=O) groups is 1. The second-order valence-electron chi connectivity index (χ2n) is 5.21. The molecule has 0 aromatic heterocycles. The first-order valence-electron chi connectivity index (χ1n) is 6.64. The number of benzene rings is 1. The number of hydrogen-bond donors (Lipinski definition) is 2. The Labute approximate surface area is 122 Å². The van der Waals surface area contributed by atoms with Gasteiger partial charge in [0, 0.05) is 18.2 Å². The van der Waals surface area contributed by atoms with Crippen molar-refractivity contribution < 1.29 is 19.2 Å². The zero-order valence-electron chi connectivity index (χ0n) is 12.2. The standard InChI is InChI=1S/C14H19FN2O4/c1-8(2)12(4-5-18)16-14(19)11-7-10(15)6-9(3)13(11)17(20)21/h6-8,12,18H,4-5H2,1-3H3,(H,16,19). The summed E-state index contributed by atoms with van der Waals surface area (Å²) in [5.41, 5.74) is -0.616. The van der Waals surface area contributed by atoms with E-state index in [1.165, 1.54) is 6.92 Å². The molecule has 0 bridgehead atoms. The van der Waals surface area contributed by atoms with Crippen LogP contribution in [0.25, 0.3) is 0 Å². The molecule has 0 saturated carbocycles. The van der Waals surface area contributed by atoms with Crippen LogP contribution in [0.15, 0.2) is 12.1 Å². The van der Waals surface area contributed by atoms with Crippen LogP contribution in [0, 0.1) is 28.8 Å². The highest BCUT2D eigenvalue weighted by atomic mass is 19.1. The topological polar surface area (TPSA) is 92.5 Å². The molecule has 1 atom stereocenters. The smallest absolute Gasteiger partial charge is 0.285 e. The highest BCUT2D eigenvalue weighted by Crippen LogP contribution is 2.25. The maximum Gasteiger partial charge on any atom is 0.285 e. The Hall–Kier alpha value is -2.02. The molecule has 1 aromatic carbocycles. The van der Waals surface area contributed by atoms with E-state index in [2.05, 4.69) is 5.32 Å². The quantitative estimate of drug-likeness (QED) is 0.622. The normalized spacial score (nSPS) is 12.3. The third-order valence-corrected chi connectivity index (χ3v) is 3.25. The average molecular weight is 298 g/mol. The van der Waals surface area contributed by atoms with E-state index in [9.17, 15) is 19.3 Å². The molecule has 0 aliphatic rings. The van der Waals surface area contributed by atoms with Crippen molar-refractivity contribution in [3.8, 4) is 0 Å². The molecule has 1 amide bonds. The minimum atomic E-state index is -0.712. The largest absolute Gasteiger partial charge is 0.396 e. The van der Waals surface area contributed by atoms with Gasteiger partial charge < -0.3 is 10.4 Å². The highest BCUT2D eigenvalue weighted by Gasteiger charge is 2.26. The van der Waals surface area contributed by atoms with Gasteiger partial charge >= 0.3 is 0 Å². The molecule has 21 heavy (non-hydrogen) atoms. The summed E-state index contributed by atoms with van der Waals surface area (Å²) in [5.74, 6) is -1.38. The van der Waals surface area contributed by atoms with Gasteiger partial charge in [0.05, 0.1) is 4.92 Å². The van der Waals surface area contributed by atoms with Crippen molar-refractivity contribution in [2.45, 2.75) is 33.2 Å². The summed E-state index contributed by atoms with van der Waals surface area (Å²) in [6.07, 6.45) is 0.325. The van der Waals surface area contributed by atoms with Gasteiger partial charge in [-0.05, 0) is 31.4 Å². The van der Waals surface area contributed by atoms with Gasteiger partial charge in [-0.1, -0.05) is 13.8 Å². The van der Waals surface area contributed by atoms with E-state index in [0.29, 0.717) is 6.42 Å². The molecule has 116 valence electrons. The van der Waals surface area contributed by atoms with Gasteiger partial charge in [0.2, 0.25) is 0 Å². The SMILES string of the molecule is Cc1cc(F)cc(C(=O)NC(CCO)C(C)C)c1[N+](=O)[O-]. The number of nitrogens with one attached hydrogen (secondary N) is 1. The third-order valence-electron chi connectivity index (χ3n) is 3.25. The monoisotopic (exact) mass is 298 g/mol. The number of rotatable bonds is 6. The van der Waals surface area contributed by atoms with Gasteiger partial charge in [-0.25, -0.2) is 4.39 Å². The van der Waals surface area contributed by atoms with Crippen LogP contribution in [0.1, 0.15) is 36.2 Å². The summed E-state index contributed by atoms with van der Waals surface area (Å²) in [7, 11) is 0. The van der Waals surface area contributed by atoms with Crippen molar-refractivity contribution >= 4 is 11.6 Å². The lowest BCUT2D eigenvalue weighted by Gasteiger charge is -2.21. The van der Waals surface area contributed by atoms with E-state index >= 15 is 0 Å². The van der Waals surface area contributed by atoms with Crippen molar-refractivity contribution in [1.82, 2.24) is 5.32 Å². The van der Waals surface area contributed by atoms with Gasteiger partial charge in [-0.2, -0.15) is 0 Å². The van der Waals surface area contributed by atoms with E-state index in [4.69, 9.17) is 5.11 Å². The van der Waals surface area contributed by atoms with Crippen LogP contribution < -0.4 is 5.32 Å². The number of aryl methyl sites for hydroxylation is 1. The lowest BCUT2D eigenvalue weighted by Crippen LogP contribution is -2.39. The van der Waals surface area contributed by atoms with Gasteiger partial charge in [0.1, 0.15) is 11.4 Å². The molecule has 0 aliphatic heterocycles. The number of carbonyl (C=O) groups excluding carboxylic acids is 1. The summed E-state index contributed by atoms with van der Waals surface area (Å²) in [6, 6.07) is 1.53. The van der Waals surface area contributed by atoms with Crippen molar-refractivity contribution in [2.24, 2.45) is 5.92 Å². The summed E-state index contributed by atoms with van der Waals surface area (Å²) < 4.78 is 13.4. The molecule has 0 aliphatic carbocycles. The van der Waals surface area contributed by atoms with E-state index < -0.39 is 22.3 Å². The molecule has 2 N–H and O–H groups in total. The first kappa shape index (κ1) is 17.0. The minimum Gasteiger partial charge on any atom is -0.396 e. The molecule has 0 fully saturated rings. The van der Waals surface area contributed by atoms with Crippen LogP contribution in [0.2, 0.25) is 0 Å². The Morgan fingerprint density at radius 1 is 1.48 bits per heavy atom. The number of aliphatic hydroxyl groups is 1. The van der Waals surface area contributed by atoms with Crippen LogP contribution in [0.3, 0.4) is 0 Å². The fraction of sp³-hybridized carbons (Fsp3) is 0.500. The minimum absolute atomic E-state index is 0.0369. The fourth-order valence-corrected chi connectivity index (χ4v) is 2.11. The van der Waals surface area contributed by atoms with Crippen LogP contribution in [-0.4, -0.2) is 28.6 Å².